The summed E-state index contributed by atoms with van der Waals surface area (Å²) >= 11 is 1.75. The molecule has 1 rings (SSSR count). The van der Waals surface area contributed by atoms with Crippen LogP contribution in [-0.2, 0) is 6.54 Å². The summed E-state index contributed by atoms with van der Waals surface area (Å²) in [4.78, 5) is 0. The molecule has 0 amide bonds. The van der Waals surface area contributed by atoms with E-state index >= 15 is 0 Å². The Morgan fingerprint density at radius 1 is 1.12 bits per heavy atom. The van der Waals surface area contributed by atoms with Crippen LogP contribution in [0.25, 0.3) is 0 Å². The lowest BCUT2D eigenvalue weighted by Gasteiger charge is -2.05. The van der Waals surface area contributed by atoms with Crippen molar-refractivity contribution in [2.24, 2.45) is 0 Å². The first-order valence-corrected chi connectivity index (χ1v) is 6.72. The molecule has 0 saturated carbocycles. The van der Waals surface area contributed by atoms with E-state index in [1.165, 1.54) is 12.1 Å². The number of nitrogens with one attached hydrogen (secondary N) is 1. The molecule has 2 nitrogen and oxygen atoms in total. The Hall–Kier alpha value is -0.650. The first kappa shape index (κ1) is 14.4. The van der Waals surface area contributed by atoms with Crippen LogP contribution < -0.4 is 5.32 Å². The van der Waals surface area contributed by atoms with Gasteiger partial charge in [0.05, 0.1) is 0 Å². The zero-order valence-electron chi connectivity index (χ0n) is 9.59. The van der Waals surface area contributed by atoms with E-state index in [1.807, 2.05) is 0 Å². The maximum atomic E-state index is 12.8. The van der Waals surface area contributed by atoms with Gasteiger partial charge in [0, 0.05) is 31.5 Å². The van der Waals surface area contributed by atoms with Crippen LogP contribution in [0, 0.1) is 11.6 Å². The van der Waals surface area contributed by atoms with Gasteiger partial charge < -0.3 is 10.4 Å². The van der Waals surface area contributed by atoms with Crippen molar-refractivity contribution in [1.82, 2.24) is 5.32 Å². The van der Waals surface area contributed by atoms with E-state index in [1.54, 1.807) is 11.8 Å². The van der Waals surface area contributed by atoms with E-state index in [9.17, 15) is 8.78 Å². The van der Waals surface area contributed by atoms with Crippen molar-refractivity contribution in [2.45, 2.75) is 13.0 Å². The molecule has 0 radical (unpaired) electrons. The predicted octanol–water partition coefficient (Wildman–Crippen LogP) is 2.17. The van der Waals surface area contributed by atoms with Gasteiger partial charge in [0.15, 0.2) is 0 Å². The van der Waals surface area contributed by atoms with Gasteiger partial charge in [0.1, 0.15) is 11.6 Å². The molecule has 0 spiro atoms. The molecule has 0 heterocycles. The average molecular weight is 261 g/mol. The van der Waals surface area contributed by atoms with Crippen LogP contribution in [0.15, 0.2) is 18.2 Å². The average Bonchev–Trinajstić information content (AvgIpc) is 2.26. The van der Waals surface area contributed by atoms with Gasteiger partial charge in [-0.25, -0.2) is 8.78 Å². The van der Waals surface area contributed by atoms with Crippen LogP contribution in [0.4, 0.5) is 8.78 Å². The Kier molecular flexibility index (Phi) is 7.16. The minimum atomic E-state index is -0.542. The lowest BCUT2D eigenvalue weighted by molar-refractivity contribution is 0.296. The molecule has 2 N–H and O–H groups in total. The van der Waals surface area contributed by atoms with Crippen molar-refractivity contribution in [3.05, 3.63) is 35.4 Å². The summed E-state index contributed by atoms with van der Waals surface area (Å²) < 4.78 is 25.7. The second-order valence-electron chi connectivity index (χ2n) is 3.64. The van der Waals surface area contributed by atoms with Crippen molar-refractivity contribution in [3.8, 4) is 0 Å². The number of aliphatic hydroxyl groups is 1. The molecule has 0 aliphatic heterocycles. The fourth-order valence-electron chi connectivity index (χ4n) is 1.36. The Bertz CT molecular complexity index is 316. The third kappa shape index (κ3) is 6.61. The molecule has 17 heavy (non-hydrogen) atoms. The number of hydrogen-bond donors (Lipinski definition) is 2. The van der Waals surface area contributed by atoms with Gasteiger partial charge in [0.2, 0.25) is 0 Å². The lowest BCUT2D eigenvalue weighted by Crippen LogP contribution is -2.17. The highest BCUT2D eigenvalue weighted by Gasteiger charge is 1.99. The Balaban J connectivity index is 2.13. The summed E-state index contributed by atoms with van der Waals surface area (Å²) in [6, 6.07) is 3.53. The SMILES string of the molecule is OCCCSCCNCc1cc(F)cc(F)c1. The first-order valence-electron chi connectivity index (χ1n) is 5.56. The minimum Gasteiger partial charge on any atom is -0.396 e. The molecule has 0 saturated heterocycles. The lowest BCUT2D eigenvalue weighted by atomic mass is 10.2. The Labute approximate surface area is 104 Å². The van der Waals surface area contributed by atoms with Crippen molar-refractivity contribution < 1.29 is 13.9 Å². The number of aliphatic hydroxyl groups excluding tert-OH is 1. The Morgan fingerprint density at radius 2 is 1.82 bits per heavy atom. The second-order valence-corrected chi connectivity index (χ2v) is 4.87. The zero-order valence-corrected chi connectivity index (χ0v) is 10.4. The van der Waals surface area contributed by atoms with Gasteiger partial charge in [-0.1, -0.05) is 0 Å². The molecule has 1 aromatic rings. The monoisotopic (exact) mass is 261 g/mol. The van der Waals surface area contributed by atoms with Crippen molar-refractivity contribution in [1.29, 1.82) is 0 Å². The fraction of sp³-hybridized carbons (Fsp3) is 0.500. The molecule has 0 bridgehead atoms. The van der Waals surface area contributed by atoms with E-state index in [0.29, 0.717) is 12.1 Å². The summed E-state index contributed by atoms with van der Waals surface area (Å²) in [5, 5.41) is 11.7. The molecular weight excluding hydrogens is 244 g/mol. The van der Waals surface area contributed by atoms with Crippen LogP contribution >= 0.6 is 11.8 Å². The van der Waals surface area contributed by atoms with Gasteiger partial charge >= 0.3 is 0 Å². The largest absolute Gasteiger partial charge is 0.396 e. The molecular formula is C12H17F2NOS. The summed E-state index contributed by atoms with van der Waals surface area (Å²) in [7, 11) is 0. The molecule has 0 fully saturated rings. The molecule has 0 unspecified atom stereocenters. The standard InChI is InChI=1S/C12H17F2NOS/c13-11-6-10(7-12(14)8-11)9-15-2-5-17-4-1-3-16/h6-8,15-16H,1-5,9H2. The molecule has 0 atom stereocenters. The van der Waals surface area contributed by atoms with Crippen LogP contribution in [0.3, 0.4) is 0 Å². The summed E-state index contributed by atoms with van der Waals surface area (Å²) in [5.41, 5.74) is 0.614. The van der Waals surface area contributed by atoms with Gasteiger partial charge in [-0.05, 0) is 29.9 Å². The zero-order chi connectivity index (χ0) is 12.5. The highest BCUT2D eigenvalue weighted by Crippen LogP contribution is 2.07. The highest BCUT2D eigenvalue weighted by molar-refractivity contribution is 7.99. The summed E-state index contributed by atoms with van der Waals surface area (Å²) in [5.74, 6) is 0.781. The van der Waals surface area contributed by atoms with Crippen molar-refractivity contribution in [2.75, 3.05) is 24.7 Å². The van der Waals surface area contributed by atoms with Gasteiger partial charge in [-0.3, -0.25) is 0 Å². The second kappa shape index (κ2) is 8.44. The fourth-order valence-corrected chi connectivity index (χ4v) is 2.18. The highest BCUT2D eigenvalue weighted by atomic mass is 32.2. The number of rotatable bonds is 8. The number of thioether (sulfide) groups is 1. The van der Waals surface area contributed by atoms with Crippen molar-refractivity contribution in [3.63, 3.8) is 0 Å². The van der Waals surface area contributed by atoms with Crippen LogP contribution in [-0.4, -0.2) is 29.8 Å². The molecule has 96 valence electrons. The minimum absolute atomic E-state index is 0.225. The Morgan fingerprint density at radius 3 is 2.47 bits per heavy atom. The first-order chi connectivity index (χ1) is 8.22. The summed E-state index contributed by atoms with van der Waals surface area (Å²) in [6.45, 7) is 1.48. The molecule has 1 aromatic carbocycles. The topological polar surface area (TPSA) is 32.3 Å². The van der Waals surface area contributed by atoms with Gasteiger partial charge in [-0.15, -0.1) is 0 Å². The predicted molar refractivity (Wildman–Crippen MR) is 67.1 cm³/mol. The molecule has 0 aliphatic carbocycles. The summed E-state index contributed by atoms with van der Waals surface area (Å²) in [6.07, 6.45) is 0.805. The molecule has 5 heteroatoms. The van der Waals surface area contributed by atoms with E-state index in [0.717, 1.165) is 30.5 Å². The molecule has 0 aromatic heterocycles. The number of hydrogen-bond acceptors (Lipinski definition) is 3. The van der Waals surface area contributed by atoms with Gasteiger partial charge in [-0.2, -0.15) is 11.8 Å². The van der Waals surface area contributed by atoms with E-state index in [4.69, 9.17) is 5.11 Å². The normalized spacial score (nSPS) is 10.8. The third-order valence-corrected chi connectivity index (χ3v) is 3.19. The third-order valence-electron chi connectivity index (χ3n) is 2.12. The maximum absolute atomic E-state index is 12.8. The number of halogens is 2. The van der Waals surface area contributed by atoms with E-state index in [-0.39, 0.29) is 6.61 Å². The quantitative estimate of drug-likeness (QED) is 0.703. The van der Waals surface area contributed by atoms with Crippen LogP contribution in [0.1, 0.15) is 12.0 Å². The molecule has 0 aliphatic rings. The smallest absolute Gasteiger partial charge is 0.126 e. The van der Waals surface area contributed by atoms with Gasteiger partial charge in [0.25, 0.3) is 0 Å². The van der Waals surface area contributed by atoms with Crippen LogP contribution in [0.5, 0.6) is 0 Å². The van der Waals surface area contributed by atoms with Crippen LogP contribution in [0.2, 0.25) is 0 Å². The van der Waals surface area contributed by atoms with E-state index < -0.39 is 11.6 Å². The maximum Gasteiger partial charge on any atom is 0.126 e. The van der Waals surface area contributed by atoms with E-state index in [2.05, 4.69) is 5.32 Å². The van der Waals surface area contributed by atoms with Crippen molar-refractivity contribution >= 4 is 11.8 Å². The number of benzene rings is 1.